The third-order valence-corrected chi connectivity index (χ3v) is 4.74. The lowest BCUT2D eigenvalue weighted by molar-refractivity contribution is -0.130. The van der Waals surface area contributed by atoms with Crippen LogP contribution in [0, 0.1) is 17.2 Å². The molecule has 0 bridgehead atoms. The van der Waals surface area contributed by atoms with Gasteiger partial charge in [-0.2, -0.15) is 5.26 Å². The van der Waals surface area contributed by atoms with Crippen molar-refractivity contribution >= 4 is 17.7 Å². The fraction of sp³-hybridized carbons (Fsp3) is 0.846. The maximum Gasteiger partial charge on any atom is 0.232 e. The van der Waals surface area contributed by atoms with E-state index in [1.54, 1.807) is 0 Å². The van der Waals surface area contributed by atoms with Crippen molar-refractivity contribution in [2.45, 2.75) is 44.6 Å². The molecule has 3 nitrogen and oxygen atoms in total. The molecular formula is C13H20N2OS. The smallest absolute Gasteiger partial charge is 0.232 e. The number of likely N-dealkylation sites (tertiary alicyclic amines) is 1. The number of hydrogen-bond donors (Lipinski definition) is 0. The van der Waals surface area contributed by atoms with Crippen LogP contribution in [0.25, 0.3) is 0 Å². The second kappa shape index (κ2) is 6.30. The van der Waals surface area contributed by atoms with Gasteiger partial charge in [0, 0.05) is 12.6 Å². The van der Waals surface area contributed by atoms with Crippen molar-refractivity contribution in [3.8, 4) is 6.07 Å². The maximum absolute atomic E-state index is 12.1. The van der Waals surface area contributed by atoms with Gasteiger partial charge in [-0.1, -0.05) is 12.8 Å². The first-order valence-electron chi connectivity index (χ1n) is 6.57. The highest BCUT2D eigenvalue weighted by Crippen LogP contribution is 2.35. The zero-order valence-corrected chi connectivity index (χ0v) is 11.0. The van der Waals surface area contributed by atoms with Gasteiger partial charge in [0.05, 0.1) is 17.6 Å². The lowest BCUT2D eigenvalue weighted by atomic mass is 9.96. The fourth-order valence-corrected chi connectivity index (χ4v) is 3.74. The third kappa shape index (κ3) is 3.16. The van der Waals surface area contributed by atoms with Gasteiger partial charge in [0.25, 0.3) is 0 Å². The van der Waals surface area contributed by atoms with Crippen LogP contribution in [-0.4, -0.2) is 34.9 Å². The molecule has 1 aliphatic heterocycles. The molecule has 2 aliphatic rings. The standard InChI is InChI=1S/C13H20N2OS/c14-7-9-17-10-13(16)15-8-3-6-12(15)11-4-1-2-5-11/h11-12H,1-6,8-10H2/t12-/m1/s1. The van der Waals surface area contributed by atoms with Gasteiger partial charge < -0.3 is 4.90 Å². The van der Waals surface area contributed by atoms with Crippen LogP contribution >= 0.6 is 11.8 Å². The van der Waals surface area contributed by atoms with E-state index in [-0.39, 0.29) is 5.91 Å². The summed E-state index contributed by atoms with van der Waals surface area (Å²) in [5, 5.41) is 8.47. The van der Waals surface area contributed by atoms with E-state index in [2.05, 4.69) is 11.0 Å². The molecule has 1 atom stereocenters. The van der Waals surface area contributed by atoms with E-state index in [1.165, 1.54) is 43.9 Å². The molecule has 94 valence electrons. The first-order valence-corrected chi connectivity index (χ1v) is 7.72. The van der Waals surface area contributed by atoms with Crippen molar-refractivity contribution in [1.29, 1.82) is 5.26 Å². The van der Waals surface area contributed by atoms with Crippen LogP contribution in [0.15, 0.2) is 0 Å². The Bertz CT molecular complexity index is 307. The summed E-state index contributed by atoms with van der Waals surface area (Å²) in [6, 6.07) is 2.58. The van der Waals surface area contributed by atoms with Gasteiger partial charge >= 0.3 is 0 Å². The molecule has 4 heteroatoms. The predicted octanol–water partition coefficient (Wildman–Crippen LogP) is 2.42. The number of carbonyl (C=O) groups is 1. The Hall–Kier alpha value is -0.690. The van der Waals surface area contributed by atoms with Gasteiger partial charge in [0.1, 0.15) is 0 Å². The van der Waals surface area contributed by atoms with E-state index < -0.39 is 0 Å². The Morgan fingerprint density at radius 2 is 2.06 bits per heavy atom. The van der Waals surface area contributed by atoms with Crippen LogP contribution in [0.5, 0.6) is 0 Å². The lowest BCUT2D eigenvalue weighted by Gasteiger charge is -2.29. The number of nitriles is 1. The molecule has 0 N–H and O–H groups in total. The molecule has 1 saturated heterocycles. The zero-order valence-electron chi connectivity index (χ0n) is 10.2. The molecule has 1 amide bonds. The highest BCUT2D eigenvalue weighted by Gasteiger charge is 2.35. The zero-order chi connectivity index (χ0) is 12.1. The Kier molecular flexibility index (Phi) is 4.73. The minimum atomic E-state index is 0.250. The molecule has 0 unspecified atom stereocenters. The van der Waals surface area contributed by atoms with Crippen LogP contribution < -0.4 is 0 Å². The number of amides is 1. The van der Waals surface area contributed by atoms with Crippen LogP contribution in [0.3, 0.4) is 0 Å². The monoisotopic (exact) mass is 252 g/mol. The summed E-state index contributed by atoms with van der Waals surface area (Å²) in [6.07, 6.45) is 7.65. The lowest BCUT2D eigenvalue weighted by Crippen LogP contribution is -2.40. The summed E-state index contributed by atoms with van der Waals surface area (Å²) < 4.78 is 0. The molecule has 0 aromatic carbocycles. The third-order valence-electron chi connectivity index (χ3n) is 3.96. The Labute approximate surface area is 108 Å². The minimum absolute atomic E-state index is 0.250. The molecular weight excluding hydrogens is 232 g/mol. The van der Waals surface area contributed by atoms with Crippen molar-refractivity contribution in [3.05, 3.63) is 0 Å². The molecule has 2 fully saturated rings. The molecule has 1 aliphatic carbocycles. The van der Waals surface area contributed by atoms with Gasteiger partial charge in [0.2, 0.25) is 5.91 Å². The van der Waals surface area contributed by atoms with E-state index in [1.807, 2.05) is 0 Å². The van der Waals surface area contributed by atoms with Crippen molar-refractivity contribution in [2.24, 2.45) is 5.92 Å². The summed E-state index contributed by atoms with van der Waals surface area (Å²) in [5.74, 6) is 1.91. The average Bonchev–Trinajstić information content (AvgIpc) is 2.99. The number of thioether (sulfide) groups is 1. The molecule has 17 heavy (non-hydrogen) atoms. The molecule has 2 rings (SSSR count). The second-order valence-electron chi connectivity index (χ2n) is 4.99. The summed E-state index contributed by atoms with van der Waals surface area (Å²) >= 11 is 1.44. The molecule has 0 aromatic rings. The van der Waals surface area contributed by atoms with Crippen molar-refractivity contribution < 1.29 is 4.79 Å². The molecule has 1 heterocycles. The van der Waals surface area contributed by atoms with Gasteiger partial charge in [-0.3, -0.25) is 4.79 Å². The predicted molar refractivity (Wildman–Crippen MR) is 69.6 cm³/mol. The Balaban J connectivity index is 1.85. The highest BCUT2D eigenvalue weighted by atomic mass is 32.2. The van der Waals surface area contributed by atoms with Crippen LogP contribution in [0.1, 0.15) is 38.5 Å². The fourth-order valence-electron chi connectivity index (χ4n) is 3.20. The number of nitrogens with zero attached hydrogens (tertiary/aromatic N) is 2. The topological polar surface area (TPSA) is 44.1 Å². The normalized spacial score (nSPS) is 25.1. The van der Waals surface area contributed by atoms with Gasteiger partial charge in [-0.15, -0.1) is 11.8 Å². The van der Waals surface area contributed by atoms with Crippen molar-refractivity contribution in [3.63, 3.8) is 0 Å². The van der Waals surface area contributed by atoms with E-state index >= 15 is 0 Å². The minimum Gasteiger partial charge on any atom is -0.339 e. The Morgan fingerprint density at radius 3 is 2.76 bits per heavy atom. The first kappa shape index (κ1) is 12.8. The molecule has 0 aromatic heterocycles. The van der Waals surface area contributed by atoms with Crippen molar-refractivity contribution in [2.75, 3.05) is 18.1 Å². The molecule has 1 saturated carbocycles. The molecule has 0 radical (unpaired) electrons. The largest absolute Gasteiger partial charge is 0.339 e. The highest BCUT2D eigenvalue weighted by molar-refractivity contribution is 8.00. The van der Waals surface area contributed by atoms with E-state index in [0.717, 1.165) is 18.9 Å². The van der Waals surface area contributed by atoms with E-state index in [0.29, 0.717) is 17.5 Å². The van der Waals surface area contributed by atoms with Crippen LogP contribution in [0.2, 0.25) is 0 Å². The van der Waals surface area contributed by atoms with Crippen LogP contribution in [0.4, 0.5) is 0 Å². The van der Waals surface area contributed by atoms with E-state index in [9.17, 15) is 4.79 Å². The van der Waals surface area contributed by atoms with E-state index in [4.69, 9.17) is 5.26 Å². The van der Waals surface area contributed by atoms with Crippen LogP contribution in [-0.2, 0) is 4.79 Å². The molecule has 0 spiro atoms. The summed E-state index contributed by atoms with van der Waals surface area (Å²) in [5.41, 5.74) is 0. The SMILES string of the molecule is N#CCSCC(=O)N1CCC[C@@H]1C1CCCC1. The number of rotatable bonds is 4. The quantitative estimate of drug-likeness (QED) is 0.722. The van der Waals surface area contributed by atoms with Crippen molar-refractivity contribution in [1.82, 2.24) is 4.90 Å². The average molecular weight is 252 g/mol. The van der Waals surface area contributed by atoms with Gasteiger partial charge in [0.15, 0.2) is 0 Å². The first-order chi connectivity index (χ1) is 8.33. The van der Waals surface area contributed by atoms with Gasteiger partial charge in [-0.05, 0) is 31.6 Å². The number of carbonyl (C=O) groups excluding carboxylic acids is 1. The van der Waals surface area contributed by atoms with Gasteiger partial charge in [-0.25, -0.2) is 0 Å². The maximum atomic E-state index is 12.1. The second-order valence-corrected chi connectivity index (χ2v) is 5.98. The number of hydrogen-bond acceptors (Lipinski definition) is 3. The summed E-state index contributed by atoms with van der Waals surface area (Å²) in [4.78, 5) is 14.2. The Morgan fingerprint density at radius 1 is 1.29 bits per heavy atom. The summed E-state index contributed by atoms with van der Waals surface area (Å²) in [6.45, 7) is 0.938. The summed E-state index contributed by atoms with van der Waals surface area (Å²) in [7, 11) is 0.